The number of hydrogen-bond acceptors (Lipinski definition) is 2. The summed E-state index contributed by atoms with van der Waals surface area (Å²) < 4.78 is 0. The quantitative estimate of drug-likeness (QED) is 0.653. The highest BCUT2D eigenvalue weighted by molar-refractivity contribution is 5.20. The highest BCUT2D eigenvalue weighted by Gasteiger charge is 1.95. The summed E-state index contributed by atoms with van der Waals surface area (Å²) in [4.78, 5) is 0. The molecule has 1 aliphatic rings. The van der Waals surface area contributed by atoms with Crippen LogP contribution in [0.5, 0.6) is 0 Å². The van der Waals surface area contributed by atoms with Crippen molar-refractivity contribution in [2.45, 2.75) is 39.5 Å². The second kappa shape index (κ2) is 8.73. The lowest BCUT2D eigenvalue weighted by Gasteiger charge is -2.05. The maximum atomic E-state index is 2.17. The minimum atomic E-state index is 0. The van der Waals surface area contributed by atoms with Gasteiger partial charge in [0.05, 0.1) is 0 Å². The molecule has 0 aromatic heterocycles. The molecule has 0 amide bonds. The fourth-order valence-electron chi connectivity index (χ4n) is 1.06. The van der Waals surface area contributed by atoms with Gasteiger partial charge in [-0.1, -0.05) is 61.1 Å². The SMILES string of the molecule is C1CCC1.Cc1cccc(C)c1.N.N. The molecule has 0 bridgehead atoms. The van der Waals surface area contributed by atoms with Gasteiger partial charge in [-0.05, 0) is 13.8 Å². The molecule has 0 saturated heterocycles. The Bertz CT molecular complexity index is 208. The minimum Gasteiger partial charge on any atom is -0.344 e. The Morgan fingerprint density at radius 3 is 1.29 bits per heavy atom. The number of rotatable bonds is 0. The molecule has 2 rings (SSSR count). The van der Waals surface area contributed by atoms with Crippen molar-refractivity contribution in [2.24, 2.45) is 0 Å². The van der Waals surface area contributed by atoms with Crippen LogP contribution < -0.4 is 12.3 Å². The van der Waals surface area contributed by atoms with Gasteiger partial charge in [0.25, 0.3) is 0 Å². The van der Waals surface area contributed by atoms with Crippen molar-refractivity contribution < 1.29 is 0 Å². The van der Waals surface area contributed by atoms with Gasteiger partial charge in [0.2, 0.25) is 0 Å². The van der Waals surface area contributed by atoms with Crippen molar-refractivity contribution in [2.75, 3.05) is 0 Å². The smallest absolute Gasteiger partial charge is 0.0398 e. The molecule has 2 nitrogen and oxygen atoms in total. The predicted octanol–water partition coefficient (Wildman–Crippen LogP) is 4.19. The van der Waals surface area contributed by atoms with Gasteiger partial charge in [-0.3, -0.25) is 0 Å². The van der Waals surface area contributed by atoms with Gasteiger partial charge >= 0.3 is 0 Å². The Balaban J connectivity index is 0. The molecule has 0 aliphatic heterocycles. The van der Waals surface area contributed by atoms with E-state index in [1.54, 1.807) is 0 Å². The van der Waals surface area contributed by atoms with Crippen molar-refractivity contribution in [1.82, 2.24) is 12.3 Å². The minimum absolute atomic E-state index is 0. The first-order valence-corrected chi connectivity index (χ1v) is 4.82. The van der Waals surface area contributed by atoms with E-state index in [4.69, 9.17) is 0 Å². The Morgan fingerprint density at radius 2 is 1.14 bits per heavy atom. The zero-order valence-corrected chi connectivity index (χ0v) is 9.55. The molecule has 1 saturated carbocycles. The van der Waals surface area contributed by atoms with Gasteiger partial charge in [-0.25, -0.2) is 0 Å². The van der Waals surface area contributed by atoms with E-state index >= 15 is 0 Å². The third-order valence-electron chi connectivity index (χ3n) is 2.17. The van der Waals surface area contributed by atoms with Crippen LogP contribution in [-0.4, -0.2) is 0 Å². The zero-order chi connectivity index (χ0) is 8.81. The maximum absolute atomic E-state index is 2.17. The van der Waals surface area contributed by atoms with E-state index in [1.807, 2.05) is 0 Å². The first-order chi connectivity index (χ1) is 5.79. The van der Waals surface area contributed by atoms with Gasteiger partial charge in [0.1, 0.15) is 0 Å². The molecule has 0 heterocycles. The molecule has 82 valence electrons. The monoisotopic (exact) mass is 196 g/mol. The van der Waals surface area contributed by atoms with E-state index < -0.39 is 0 Å². The summed E-state index contributed by atoms with van der Waals surface area (Å²) in [6, 6.07) is 8.45. The van der Waals surface area contributed by atoms with Gasteiger partial charge in [-0.2, -0.15) is 0 Å². The highest BCUT2D eigenvalue weighted by atomic mass is 14.0. The van der Waals surface area contributed by atoms with Crippen LogP contribution in [0.3, 0.4) is 0 Å². The molecule has 0 spiro atoms. The van der Waals surface area contributed by atoms with Gasteiger partial charge in [-0.15, -0.1) is 0 Å². The molecular formula is C12H24N2. The lowest BCUT2D eigenvalue weighted by atomic mass is 10.0. The van der Waals surface area contributed by atoms with E-state index in [9.17, 15) is 0 Å². The third kappa shape index (κ3) is 6.63. The average Bonchev–Trinajstić information content (AvgIpc) is 1.81. The summed E-state index contributed by atoms with van der Waals surface area (Å²) in [5, 5.41) is 0. The molecule has 14 heavy (non-hydrogen) atoms. The average molecular weight is 196 g/mol. The second-order valence-electron chi connectivity index (χ2n) is 3.57. The second-order valence-corrected chi connectivity index (χ2v) is 3.57. The van der Waals surface area contributed by atoms with Crippen LogP contribution >= 0.6 is 0 Å². The van der Waals surface area contributed by atoms with Crippen molar-refractivity contribution >= 4 is 0 Å². The fourth-order valence-corrected chi connectivity index (χ4v) is 1.06. The van der Waals surface area contributed by atoms with Crippen LogP contribution in [-0.2, 0) is 0 Å². The van der Waals surface area contributed by atoms with Gasteiger partial charge in [0.15, 0.2) is 0 Å². The number of hydrogen-bond donors (Lipinski definition) is 2. The van der Waals surface area contributed by atoms with Crippen LogP contribution in [0.15, 0.2) is 24.3 Å². The summed E-state index contributed by atoms with van der Waals surface area (Å²) in [5.74, 6) is 0. The van der Waals surface area contributed by atoms with E-state index in [-0.39, 0.29) is 12.3 Å². The number of benzene rings is 1. The van der Waals surface area contributed by atoms with E-state index in [0.717, 1.165) is 0 Å². The van der Waals surface area contributed by atoms with Crippen LogP contribution in [0.4, 0.5) is 0 Å². The first kappa shape index (κ1) is 15.6. The molecule has 0 atom stereocenters. The van der Waals surface area contributed by atoms with E-state index in [0.29, 0.717) is 0 Å². The predicted molar refractivity (Wildman–Crippen MR) is 64.4 cm³/mol. The molecule has 1 aliphatic carbocycles. The standard InChI is InChI=1S/C8H10.C4H8.2H3N/c1-7-4-3-5-8(2)6-7;1-2-4-3-1;;/h3-6H,1-2H3;1-4H2;2*1H3. The van der Waals surface area contributed by atoms with Crippen molar-refractivity contribution in [3.8, 4) is 0 Å². The largest absolute Gasteiger partial charge is 0.344 e. The molecule has 1 fully saturated rings. The molecule has 0 radical (unpaired) electrons. The Hall–Kier alpha value is -0.860. The van der Waals surface area contributed by atoms with E-state index in [2.05, 4.69) is 38.1 Å². The lowest BCUT2D eigenvalue weighted by Crippen LogP contribution is -1.85. The summed E-state index contributed by atoms with van der Waals surface area (Å²) in [6.45, 7) is 4.21. The van der Waals surface area contributed by atoms with Crippen LogP contribution in [0.25, 0.3) is 0 Å². The summed E-state index contributed by atoms with van der Waals surface area (Å²) >= 11 is 0. The molecule has 1 aromatic carbocycles. The summed E-state index contributed by atoms with van der Waals surface area (Å²) in [5.41, 5.74) is 2.68. The normalized spacial score (nSPS) is 12.1. The molecular weight excluding hydrogens is 172 g/mol. The van der Waals surface area contributed by atoms with Crippen LogP contribution in [0.1, 0.15) is 36.8 Å². The van der Waals surface area contributed by atoms with E-state index in [1.165, 1.54) is 36.8 Å². The van der Waals surface area contributed by atoms with Crippen molar-refractivity contribution in [3.63, 3.8) is 0 Å². The summed E-state index contributed by atoms with van der Waals surface area (Å²) in [6.07, 6.45) is 6.00. The van der Waals surface area contributed by atoms with Crippen molar-refractivity contribution in [1.29, 1.82) is 0 Å². The highest BCUT2D eigenvalue weighted by Crippen LogP contribution is 2.15. The number of aryl methyl sites for hydroxylation is 2. The summed E-state index contributed by atoms with van der Waals surface area (Å²) in [7, 11) is 0. The zero-order valence-electron chi connectivity index (χ0n) is 9.55. The fraction of sp³-hybridized carbons (Fsp3) is 0.500. The third-order valence-corrected chi connectivity index (χ3v) is 2.17. The van der Waals surface area contributed by atoms with Crippen LogP contribution in [0.2, 0.25) is 0 Å². The molecule has 2 heteroatoms. The molecule has 1 aromatic rings. The van der Waals surface area contributed by atoms with Crippen molar-refractivity contribution in [3.05, 3.63) is 35.4 Å². The van der Waals surface area contributed by atoms with Crippen LogP contribution in [0, 0.1) is 13.8 Å². The molecule has 6 N–H and O–H groups in total. The molecule has 0 unspecified atom stereocenters. The maximum Gasteiger partial charge on any atom is -0.0398 e. The van der Waals surface area contributed by atoms with Gasteiger partial charge in [0, 0.05) is 0 Å². The Kier molecular flexibility index (Phi) is 9.73. The Morgan fingerprint density at radius 1 is 0.786 bits per heavy atom. The first-order valence-electron chi connectivity index (χ1n) is 4.82. The lowest BCUT2D eigenvalue weighted by molar-refractivity contribution is 0.504. The topological polar surface area (TPSA) is 70.0 Å². The Labute approximate surface area is 87.9 Å². The van der Waals surface area contributed by atoms with Gasteiger partial charge < -0.3 is 12.3 Å².